The van der Waals surface area contributed by atoms with Crippen LogP contribution in [0.1, 0.15) is 75.3 Å². The van der Waals surface area contributed by atoms with Crippen molar-refractivity contribution in [3.8, 4) is 0 Å². The average Bonchev–Trinajstić information content (AvgIpc) is 3.71. The van der Waals surface area contributed by atoms with Gasteiger partial charge in [0.25, 0.3) is 0 Å². The van der Waals surface area contributed by atoms with Crippen LogP contribution < -0.4 is 0 Å². The maximum absolute atomic E-state index is 7.33. The number of hydrogen-bond acceptors (Lipinski definition) is 4. The molecule has 2 aromatic rings. The third-order valence-electron chi connectivity index (χ3n) is 10.2. The van der Waals surface area contributed by atoms with Gasteiger partial charge in [-0.05, 0) is 98.6 Å². The smallest absolute Gasteiger partial charge is 0.0674 e. The monoisotopic (exact) mass is 625 g/mol. The van der Waals surface area contributed by atoms with Crippen LogP contribution in [0.3, 0.4) is 0 Å². The van der Waals surface area contributed by atoms with Gasteiger partial charge in [0, 0.05) is 61.3 Å². The van der Waals surface area contributed by atoms with Gasteiger partial charge in [0.15, 0.2) is 0 Å². The van der Waals surface area contributed by atoms with Gasteiger partial charge in [-0.1, -0.05) is 72.5 Å². The van der Waals surface area contributed by atoms with Crippen LogP contribution in [-0.4, -0.2) is 67.0 Å². The molecule has 0 saturated carbocycles. The summed E-state index contributed by atoms with van der Waals surface area (Å²) in [4.78, 5) is 5.50. The Morgan fingerprint density at radius 1 is 0.545 bits per heavy atom. The zero-order valence-electron chi connectivity index (χ0n) is 26.3. The summed E-state index contributed by atoms with van der Waals surface area (Å²) < 4.78 is 8.71. The molecular formula is C38H48N3OPS. The summed E-state index contributed by atoms with van der Waals surface area (Å²) in [6.07, 6.45) is 14.9. The van der Waals surface area contributed by atoms with Gasteiger partial charge in [0.2, 0.25) is 0 Å². The fraction of sp³-hybridized carbons (Fsp3) is 0.474. The van der Waals surface area contributed by atoms with Crippen LogP contribution >= 0.6 is 6.19 Å². The summed E-state index contributed by atoms with van der Waals surface area (Å²) in [7, 11) is 0. The number of likely N-dealkylation sites (tertiary alicyclic amines) is 2. The first kappa shape index (κ1) is 30.2. The number of ether oxygens (including phenoxy) is 1. The molecular weight excluding hydrogens is 577 g/mol. The van der Waals surface area contributed by atoms with Crippen LogP contribution in [0.4, 0.5) is 0 Å². The highest BCUT2D eigenvalue weighted by Crippen LogP contribution is 2.72. The number of benzene rings is 2. The quantitative estimate of drug-likeness (QED) is 0.286. The molecule has 7 rings (SSSR count). The first-order chi connectivity index (χ1) is 21.7. The van der Waals surface area contributed by atoms with E-state index in [4.69, 9.17) is 16.5 Å². The van der Waals surface area contributed by atoms with Crippen LogP contribution in [0.2, 0.25) is 0 Å². The molecule has 1 atom stereocenters. The zero-order valence-corrected chi connectivity index (χ0v) is 28.0. The van der Waals surface area contributed by atoms with Gasteiger partial charge in [-0.25, -0.2) is 0 Å². The molecule has 3 fully saturated rings. The van der Waals surface area contributed by atoms with E-state index in [2.05, 4.69) is 87.3 Å². The predicted octanol–water partition coefficient (Wildman–Crippen LogP) is 8.86. The summed E-state index contributed by atoms with van der Waals surface area (Å²) in [6, 6.07) is 21.9. The Hall–Kier alpha value is -2.43. The van der Waals surface area contributed by atoms with Crippen molar-refractivity contribution in [2.45, 2.75) is 64.2 Å². The van der Waals surface area contributed by atoms with Crippen molar-refractivity contribution >= 4 is 30.1 Å². The van der Waals surface area contributed by atoms with Gasteiger partial charge in [-0.3, -0.25) is 4.67 Å². The molecule has 3 aliphatic heterocycles. The van der Waals surface area contributed by atoms with Gasteiger partial charge in [-0.15, -0.1) is 0 Å². The lowest BCUT2D eigenvalue weighted by atomic mass is 10.1. The van der Waals surface area contributed by atoms with E-state index >= 15 is 0 Å². The van der Waals surface area contributed by atoms with Gasteiger partial charge in [0.05, 0.1) is 19.4 Å². The van der Waals surface area contributed by atoms with Crippen molar-refractivity contribution in [2.24, 2.45) is 0 Å². The topological polar surface area (TPSA) is 19.0 Å². The van der Waals surface area contributed by atoms with Gasteiger partial charge in [0.1, 0.15) is 0 Å². The molecule has 2 aliphatic carbocycles. The molecule has 0 spiro atoms. The second-order valence-electron chi connectivity index (χ2n) is 13.0. The minimum atomic E-state index is -2.24. The van der Waals surface area contributed by atoms with E-state index in [1.54, 1.807) is 10.6 Å². The normalized spacial score (nSPS) is 25.4. The van der Waals surface area contributed by atoms with E-state index in [1.165, 1.54) is 72.2 Å². The Kier molecular flexibility index (Phi) is 9.56. The lowest BCUT2D eigenvalue weighted by Gasteiger charge is -2.43. The predicted molar refractivity (Wildman–Crippen MR) is 189 cm³/mol. The summed E-state index contributed by atoms with van der Waals surface area (Å²) in [5.74, 6) is 0. The fourth-order valence-electron chi connectivity index (χ4n) is 8.07. The summed E-state index contributed by atoms with van der Waals surface area (Å²) in [5.41, 5.74) is 8.67. The molecule has 0 aromatic heterocycles. The van der Waals surface area contributed by atoms with Crippen LogP contribution in [0.25, 0.3) is 12.2 Å². The minimum Gasteiger partial charge on any atom is -0.379 e. The highest BCUT2D eigenvalue weighted by molar-refractivity contribution is 8.17. The maximum Gasteiger partial charge on any atom is 0.0674 e. The van der Waals surface area contributed by atoms with E-state index in [-0.39, 0.29) is 0 Å². The lowest BCUT2D eigenvalue weighted by molar-refractivity contribution is 0.0750. The molecule has 2 aromatic carbocycles. The number of hydrogen-bond donors (Lipinski definition) is 0. The van der Waals surface area contributed by atoms with Crippen LogP contribution in [0.5, 0.6) is 0 Å². The van der Waals surface area contributed by atoms with E-state index in [9.17, 15) is 0 Å². The number of morpholine rings is 1. The van der Waals surface area contributed by atoms with Crippen LogP contribution in [-0.2, 0) is 16.5 Å². The first-order valence-corrected chi connectivity index (χ1v) is 19.9. The number of rotatable bonds is 7. The SMILES string of the molecule is S=P(C1=C(N2CCCCC2)/C(=C\c2ccccc2)CC1)(C1=C(N2CCCCC2)/C(=C/c2ccccc2)CC1)N1CCOCC1. The molecule has 44 heavy (non-hydrogen) atoms. The van der Waals surface area contributed by atoms with Crippen molar-refractivity contribution in [1.29, 1.82) is 0 Å². The second-order valence-corrected chi connectivity index (χ2v) is 17.4. The van der Waals surface area contributed by atoms with Gasteiger partial charge < -0.3 is 14.5 Å². The van der Waals surface area contributed by atoms with E-state index in [1.807, 2.05) is 0 Å². The molecule has 0 radical (unpaired) electrons. The highest BCUT2D eigenvalue weighted by atomic mass is 32.4. The molecule has 6 heteroatoms. The third kappa shape index (κ3) is 6.18. The molecule has 0 bridgehead atoms. The fourth-order valence-corrected chi connectivity index (χ4v) is 13.3. The second kappa shape index (κ2) is 13.9. The average molecular weight is 626 g/mol. The third-order valence-corrected chi connectivity index (χ3v) is 15.7. The molecule has 1 unspecified atom stereocenters. The largest absolute Gasteiger partial charge is 0.379 e. The lowest BCUT2D eigenvalue weighted by Crippen LogP contribution is -2.36. The zero-order chi connectivity index (χ0) is 29.8. The molecule has 3 saturated heterocycles. The standard InChI is InChI=1S/C38H48N3OPS/c44-43(41-25-27-42-28-26-41,35-19-17-33(29-31-13-5-1-6-14-31)37(35)39-21-9-3-10-22-39)36-20-18-34(30-32-15-7-2-8-16-32)38(36)40-23-11-4-12-24-40/h1-2,5-8,13-16,29-30H,3-4,9-12,17-28H2/b33-29-,34-30+. The molecule has 5 aliphatic rings. The Labute approximate surface area is 270 Å². The number of piperidine rings is 2. The first-order valence-electron chi connectivity index (χ1n) is 17.1. The number of allylic oxidation sites excluding steroid dienone is 4. The van der Waals surface area contributed by atoms with E-state index in [0.29, 0.717) is 0 Å². The summed E-state index contributed by atoms with van der Waals surface area (Å²) in [6.45, 7) is 8.08. The van der Waals surface area contributed by atoms with Crippen molar-refractivity contribution < 1.29 is 4.74 Å². The highest BCUT2D eigenvalue weighted by Gasteiger charge is 2.44. The van der Waals surface area contributed by atoms with Crippen molar-refractivity contribution in [3.05, 3.63) is 105 Å². The summed E-state index contributed by atoms with van der Waals surface area (Å²) in [5, 5.41) is 3.20. The van der Waals surface area contributed by atoms with Crippen LogP contribution in [0, 0.1) is 0 Å². The van der Waals surface area contributed by atoms with E-state index < -0.39 is 6.19 Å². The van der Waals surface area contributed by atoms with Gasteiger partial charge in [-0.2, -0.15) is 0 Å². The molecule has 3 heterocycles. The molecule has 232 valence electrons. The molecule has 4 nitrogen and oxygen atoms in total. The molecule has 0 N–H and O–H groups in total. The van der Waals surface area contributed by atoms with Crippen LogP contribution in [0.15, 0.2) is 93.8 Å². The van der Waals surface area contributed by atoms with E-state index in [0.717, 1.165) is 78.2 Å². The Bertz CT molecular complexity index is 1370. The van der Waals surface area contributed by atoms with Crippen molar-refractivity contribution in [1.82, 2.24) is 14.5 Å². The summed E-state index contributed by atoms with van der Waals surface area (Å²) >= 11 is 7.33. The van der Waals surface area contributed by atoms with Crippen molar-refractivity contribution in [3.63, 3.8) is 0 Å². The Morgan fingerprint density at radius 2 is 0.977 bits per heavy atom. The Balaban J connectivity index is 1.43. The van der Waals surface area contributed by atoms with Crippen molar-refractivity contribution in [2.75, 3.05) is 52.5 Å². The minimum absolute atomic E-state index is 0.788. The molecule has 0 amide bonds. The Morgan fingerprint density at radius 3 is 1.41 bits per heavy atom. The number of nitrogens with zero attached hydrogens (tertiary/aromatic N) is 3. The maximum atomic E-state index is 7.33. The van der Waals surface area contributed by atoms with Gasteiger partial charge >= 0.3 is 0 Å².